The van der Waals surface area contributed by atoms with E-state index in [9.17, 15) is 10.2 Å². The van der Waals surface area contributed by atoms with Crippen LogP contribution < -0.4 is 10.2 Å². The van der Waals surface area contributed by atoms with Gasteiger partial charge in [0.2, 0.25) is 0 Å². The summed E-state index contributed by atoms with van der Waals surface area (Å²) in [5.41, 5.74) is 6.41. The van der Waals surface area contributed by atoms with E-state index in [1.807, 2.05) is 0 Å². The van der Waals surface area contributed by atoms with E-state index in [4.69, 9.17) is 9.98 Å². The monoisotopic (exact) mass is 1370 g/mol. The van der Waals surface area contributed by atoms with E-state index >= 15 is 0 Å². The molecule has 0 N–H and O–H groups in total. The number of benzene rings is 3. The summed E-state index contributed by atoms with van der Waals surface area (Å²) < 4.78 is 0. The first-order valence-corrected chi connectivity index (χ1v) is 41.7. The Kier molecular flexibility index (Phi) is 67.0. The van der Waals surface area contributed by atoms with Crippen LogP contribution in [0.2, 0.25) is 0 Å². The van der Waals surface area contributed by atoms with Gasteiger partial charge in [-0.2, -0.15) is 0 Å². The Morgan fingerprint density at radius 2 is 0.577 bits per heavy atom. The van der Waals surface area contributed by atoms with Gasteiger partial charge in [0, 0.05) is 30.4 Å². The summed E-state index contributed by atoms with van der Waals surface area (Å²) in [7, 11) is 0. The second-order valence-corrected chi connectivity index (χ2v) is 28.5. The number of aryl methyl sites for hydroxylation is 1. The van der Waals surface area contributed by atoms with Crippen LogP contribution in [0.1, 0.15) is 437 Å². The van der Waals surface area contributed by atoms with Crippen molar-refractivity contribution in [2.75, 3.05) is 0 Å². The van der Waals surface area contributed by atoms with Crippen LogP contribution in [0.3, 0.4) is 0 Å². The SMILES string of the molecule is CCCCCCCC#CC(=Nc1ccc(C#CCCCCCCCCCCCCCCCCCCCCCCCCC)cc1)C(CCCC)=Nc1ccc(C#CCCCCCCCCCCCCCCCCCCCCCCCCC)cc1.CCCCCc1cccc([O-])c1[O-].[Ni+2]. The van der Waals surface area contributed by atoms with E-state index in [-0.39, 0.29) is 28.0 Å². The van der Waals surface area contributed by atoms with Gasteiger partial charge in [0.25, 0.3) is 0 Å². The predicted molar refractivity (Wildman–Crippen MR) is 423 cm³/mol. The van der Waals surface area contributed by atoms with Crippen LogP contribution in [0.25, 0.3) is 0 Å². The molecular weight excluding hydrogens is 1220 g/mol. The van der Waals surface area contributed by atoms with Crippen molar-refractivity contribution < 1.29 is 26.7 Å². The molecule has 3 aromatic carbocycles. The van der Waals surface area contributed by atoms with Gasteiger partial charge in [-0.25, -0.2) is 4.99 Å². The fraction of sp³-hybridized carbons (Fsp3) is 0.717. The molecule has 97 heavy (non-hydrogen) atoms. The zero-order chi connectivity index (χ0) is 68.8. The topological polar surface area (TPSA) is 70.8 Å². The van der Waals surface area contributed by atoms with Crippen molar-refractivity contribution in [1.29, 1.82) is 0 Å². The molecule has 0 bridgehead atoms. The number of hydrogen-bond donors (Lipinski definition) is 0. The van der Waals surface area contributed by atoms with Crippen LogP contribution in [-0.2, 0) is 22.9 Å². The molecule has 0 aliphatic carbocycles. The van der Waals surface area contributed by atoms with E-state index in [2.05, 4.69) is 119 Å². The minimum atomic E-state index is -0.381. The summed E-state index contributed by atoms with van der Waals surface area (Å²) >= 11 is 0. The van der Waals surface area contributed by atoms with Gasteiger partial charge in [-0.3, -0.25) is 4.99 Å². The molecule has 4 nitrogen and oxygen atoms in total. The Bertz CT molecular complexity index is 2460. The summed E-state index contributed by atoms with van der Waals surface area (Å²) in [4.78, 5) is 10.4. The summed E-state index contributed by atoms with van der Waals surface area (Å²) in [6.45, 7) is 11.2. The molecule has 0 saturated carbocycles. The Morgan fingerprint density at radius 1 is 0.299 bits per heavy atom. The second-order valence-electron chi connectivity index (χ2n) is 28.5. The van der Waals surface area contributed by atoms with Crippen LogP contribution >= 0.6 is 0 Å². The summed E-state index contributed by atoms with van der Waals surface area (Å²) in [5.74, 6) is 20.1. The minimum Gasteiger partial charge on any atom is -0.873 e. The normalized spacial score (nSPS) is 11.3. The smallest absolute Gasteiger partial charge is 0.873 e. The van der Waals surface area contributed by atoms with Crippen molar-refractivity contribution in [1.82, 2.24) is 0 Å². The number of hydrogen-bond acceptors (Lipinski definition) is 4. The molecule has 0 fully saturated rings. The first-order chi connectivity index (χ1) is 47.4. The fourth-order valence-corrected chi connectivity index (χ4v) is 12.9. The van der Waals surface area contributed by atoms with Crippen molar-refractivity contribution in [3.05, 3.63) is 83.4 Å². The van der Waals surface area contributed by atoms with Crippen LogP contribution in [0.4, 0.5) is 11.4 Å². The van der Waals surface area contributed by atoms with Crippen LogP contribution in [-0.4, -0.2) is 11.4 Å². The largest absolute Gasteiger partial charge is 2.00 e. The average molecular weight is 1370 g/mol. The maximum atomic E-state index is 11.3. The van der Waals surface area contributed by atoms with Gasteiger partial charge < -0.3 is 10.2 Å². The summed E-state index contributed by atoms with van der Waals surface area (Å²) in [5, 5.41) is 22.2. The Hall–Kier alpha value is -4.23. The Morgan fingerprint density at radius 3 is 0.897 bits per heavy atom. The molecule has 0 radical (unpaired) electrons. The van der Waals surface area contributed by atoms with E-state index in [0.29, 0.717) is 5.56 Å². The molecule has 0 unspecified atom stereocenters. The maximum Gasteiger partial charge on any atom is 2.00 e. The van der Waals surface area contributed by atoms with Crippen LogP contribution in [0.15, 0.2) is 76.7 Å². The summed E-state index contributed by atoms with van der Waals surface area (Å²) in [6.07, 6.45) is 81.5. The fourth-order valence-electron chi connectivity index (χ4n) is 12.9. The van der Waals surface area contributed by atoms with E-state index < -0.39 is 0 Å². The molecule has 3 aromatic rings. The van der Waals surface area contributed by atoms with Crippen molar-refractivity contribution in [3.63, 3.8) is 0 Å². The Labute approximate surface area is 612 Å². The van der Waals surface area contributed by atoms with Gasteiger partial charge in [0.1, 0.15) is 5.71 Å². The first kappa shape index (κ1) is 90.8. The zero-order valence-electron chi connectivity index (χ0n) is 64.0. The van der Waals surface area contributed by atoms with Gasteiger partial charge in [-0.1, -0.05) is 415 Å². The number of rotatable bonds is 61. The minimum absolute atomic E-state index is 0. The van der Waals surface area contributed by atoms with E-state index in [0.717, 1.165) is 105 Å². The van der Waals surface area contributed by atoms with Crippen LogP contribution in [0.5, 0.6) is 11.5 Å². The quantitative estimate of drug-likeness (QED) is 0.0245. The molecule has 5 heteroatoms. The van der Waals surface area contributed by atoms with Crippen molar-refractivity contribution in [3.8, 4) is 47.0 Å². The average Bonchev–Trinajstić information content (AvgIpc) is 2.36. The number of para-hydroxylation sites is 1. The number of unbranched alkanes of at least 4 members (excludes halogenated alkanes) is 54. The molecule has 0 spiro atoms. The third-order valence-corrected chi connectivity index (χ3v) is 19.3. The van der Waals surface area contributed by atoms with Gasteiger partial charge in [0.15, 0.2) is 0 Å². The van der Waals surface area contributed by atoms with Gasteiger partial charge in [-0.05, 0) is 99.4 Å². The molecule has 3 rings (SSSR count). The van der Waals surface area contributed by atoms with Crippen LogP contribution in [0, 0.1) is 35.5 Å². The third kappa shape index (κ3) is 57.1. The Balaban J connectivity index is 0.00000299. The standard InChI is InChI=1S/C81H134N2.C11H16O2.Ni/c1-5-9-13-16-19-21-23-25-27-29-31-33-35-37-39-41-43-45-47-49-51-53-56-58-61-64-76-68-72-78(73-69-76)82-80(66-12-8-4)81(67-63-60-55-18-15-11-7-3)83-79-74-70-77(71-75-79)65-62-59-57-54-52-50-48-46-44-42-40-38-36-34-32-30-28-26-24-22-20-17-14-10-6-2;1-2-3-4-6-9-7-5-8-10(12)11(9)13;/h68-75H,5-60,66H2,1-4H3;5,7-8,12-13H,2-4,6H2,1H3;/q;;+2/p-2. The second kappa shape index (κ2) is 71.6. The first-order valence-electron chi connectivity index (χ1n) is 41.7. The van der Waals surface area contributed by atoms with E-state index in [1.165, 1.54) is 327 Å². The van der Waals surface area contributed by atoms with Gasteiger partial charge in [-0.15, -0.1) is 11.5 Å². The zero-order valence-corrected chi connectivity index (χ0v) is 65.0. The maximum absolute atomic E-state index is 11.3. The number of nitrogens with zero attached hydrogens (tertiary/aromatic N) is 2. The number of aliphatic imine (C=N–C) groups is 2. The summed E-state index contributed by atoms with van der Waals surface area (Å²) in [6, 6.07) is 21.7. The van der Waals surface area contributed by atoms with Crippen molar-refractivity contribution in [2.45, 2.75) is 426 Å². The predicted octanol–water partition coefficient (Wildman–Crippen LogP) is 29.1. The molecule has 0 heterocycles. The molecule has 0 aromatic heterocycles. The van der Waals surface area contributed by atoms with Crippen molar-refractivity contribution >= 4 is 22.8 Å². The molecule has 0 aliphatic rings. The molecule has 0 amide bonds. The molecular formula is C92H148N2NiO2. The van der Waals surface area contributed by atoms with Gasteiger partial charge >= 0.3 is 16.5 Å². The van der Waals surface area contributed by atoms with E-state index in [1.54, 1.807) is 12.1 Å². The molecule has 0 saturated heterocycles. The molecule has 548 valence electrons. The van der Waals surface area contributed by atoms with Gasteiger partial charge in [0.05, 0.1) is 17.1 Å². The molecule has 0 atom stereocenters. The molecule has 0 aliphatic heterocycles. The van der Waals surface area contributed by atoms with Crippen molar-refractivity contribution in [2.24, 2.45) is 9.98 Å². The third-order valence-electron chi connectivity index (χ3n) is 19.3.